The van der Waals surface area contributed by atoms with E-state index >= 15 is 0 Å². The van der Waals surface area contributed by atoms with Gasteiger partial charge in [-0.1, -0.05) is 30.3 Å². The second kappa shape index (κ2) is 9.17. The third-order valence-corrected chi connectivity index (χ3v) is 8.77. The minimum atomic E-state index is -4.06. The number of ether oxygens (including phenoxy) is 1. The molecule has 2 aromatic carbocycles. The van der Waals surface area contributed by atoms with Crippen LogP contribution in [0.3, 0.4) is 0 Å². The quantitative estimate of drug-likeness (QED) is 0.452. The Morgan fingerprint density at radius 2 is 1.90 bits per heavy atom. The van der Waals surface area contributed by atoms with Crippen LogP contribution in [0.4, 0.5) is 0 Å². The van der Waals surface area contributed by atoms with Gasteiger partial charge in [0, 0.05) is 13.0 Å². The molecule has 3 N–H and O–H groups in total. The van der Waals surface area contributed by atoms with Gasteiger partial charge in [0.1, 0.15) is 5.75 Å². The lowest BCUT2D eigenvalue weighted by Crippen LogP contribution is -2.56. The highest BCUT2D eigenvalue weighted by Gasteiger charge is 2.54. The Kier molecular flexibility index (Phi) is 6.84. The molecule has 0 bridgehead atoms. The van der Waals surface area contributed by atoms with Crippen LogP contribution in [-0.2, 0) is 21.2 Å². The summed E-state index contributed by atoms with van der Waals surface area (Å²) in [6, 6.07) is 15.7. The molecule has 1 fully saturated rings. The van der Waals surface area contributed by atoms with Gasteiger partial charge in [0.15, 0.2) is 14.6 Å². The summed E-state index contributed by atoms with van der Waals surface area (Å²) in [5, 5.41) is 12.4. The maximum absolute atomic E-state index is 13.5. The molecule has 7 nitrogen and oxygen atoms in total. The van der Waals surface area contributed by atoms with Gasteiger partial charge < -0.3 is 10.1 Å². The highest BCUT2D eigenvalue weighted by molar-refractivity contribution is 8.00. The van der Waals surface area contributed by atoms with Crippen molar-refractivity contribution < 1.29 is 23.2 Å². The fourth-order valence-electron chi connectivity index (χ4n) is 3.44. The second-order valence-electron chi connectivity index (χ2n) is 6.79. The summed E-state index contributed by atoms with van der Waals surface area (Å²) >= 11 is 1.57. The van der Waals surface area contributed by atoms with E-state index in [-0.39, 0.29) is 23.1 Å². The van der Waals surface area contributed by atoms with E-state index in [0.29, 0.717) is 18.0 Å². The molecule has 0 radical (unpaired) electrons. The molecule has 29 heavy (non-hydrogen) atoms. The topological polar surface area (TPSA) is 105 Å². The summed E-state index contributed by atoms with van der Waals surface area (Å²) in [5.74, 6) is 0.0845. The molecule has 1 heterocycles. The van der Waals surface area contributed by atoms with Crippen molar-refractivity contribution in [2.24, 2.45) is 0 Å². The Labute approximate surface area is 174 Å². The molecule has 1 aliphatic heterocycles. The minimum absolute atomic E-state index is 0.0237. The Morgan fingerprint density at radius 3 is 2.52 bits per heavy atom. The lowest BCUT2D eigenvalue weighted by Gasteiger charge is -2.38. The van der Waals surface area contributed by atoms with Crippen molar-refractivity contribution >= 4 is 27.5 Å². The first-order valence-corrected chi connectivity index (χ1v) is 11.7. The predicted molar refractivity (Wildman–Crippen MR) is 112 cm³/mol. The summed E-state index contributed by atoms with van der Waals surface area (Å²) < 4.78 is 30.3. The number of carbonyl (C=O) groups excluding carboxylic acids is 1. The van der Waals surface area contributed by atoms with Gasteiger partial charge in [0.05, 0.1) is 17.4 Å². The number of amides is 1. The van der Waals surface area contributed by atoms with E-state index in [4.69, 9.17) is 4.74 Å². The number of hydroxylamine groups is 1. The first-order valence-electron chi connectivity index (χ1n) is 9.15. The summed E-state index contributed by atoms with van der Waals surface area (Å²) in [5.41, 5.74) is 2.65. The number of carbonyl (C=O) groups is 1. The number of hydrogen-bond acceptors (Lipinski definition) is 7. The first kappa shape index (κ1) is 21.6. The molecular weight excluding hydrogens is 412 g/mol. The molecule has 2 aromatic rings. The van der Waals surface area contributed by atoms with E-state index in [1.807, 2.05) is 30.3 Å². The lowest BCUT2D eigenvalue weighted by atomic mass is 9.99. The van der Waals surface area contributed by atoms with Crippen molar-refractivity contribution in [2.75, 3.05) is 12.9 Å². The second-order valence-corrected chi connectivity index (χ2v) is 10.4. The molecule has 1 amide bonds. The van der Waals surface area contributed by atoms with Gasteiger partial charge in [-0.05, 0) is 42.0 Å². The average molecular weight is 437 g/mol. The Hall–Kier alpha value is -2.07. The summed E-state index contributed by atoms with van der Waals surface area (Å²) in [7, 11) is -2.57. The molecule has 2 atom stereocenters. The van der Waals surface area contributed by atoms with Gasteiger partial charge in [0.2, 0.25) is 0 Å². The van der Waals surface area contributed by atoms with E-state index in [2.05, 4.69) is 5.32 Å². The van der Waals surface area contributed by atoms with Crippen molar-refractivity contribution in [1.29, 1.82) is 0 Å². The molecule has 9 heteroatoms. The third-order valence-electron chi connectivity index (χ3n) is 5.12. The fraction of sp³-hybridized carbons (Fsp3) is 0.350. The van der Waals surface area contributed by atoms with Crippen LogP contribution in [0.2, 0.25) is 0 Å². The molecule has 2 unspecified atom stereocenters. The maximum Gasteiger partial charge on any atom is 0.265 e. The molecule has 0 aromatic heterocycles. The number of hydrogen-bond donors (Lipinski definition) is 3. The predicted octanol–water partition coefficient (Wildman–Crippen LogP) is 2.36. The average Bonchev–Trinajstić information content (AvgIpc) is 2.77. The highest BCUT2D eigenvalue weighted by Crippen LogP contribution is 2.41. The van der Waals surface area contributed by atoms with Gasteiger partial charge in [-0.15, -0.1) is 11.8 Å². The zero-order valence-corrected chi connectivity index (χ0v) is 17.6. The normalized spacial score (nSPS) is 22.1. The molecule has 0 aliphatic carbocycles. The van der Waals surface area contributed by atoms with Crippen LogP contribution in [0.25, 0.3) is 0 Å². The van der Waals surface area contributed by atoms with Crippen molar-refractivity contribution in [2.45, 2.75) is 34.4 Å². The number of methoxy groups -OCH3 is 1. The smallest absolute Gasteiger partial charge is 0.265 e. The zero-order chi connectivity index (χ0) is 20.9. The molecule has 3 rings (SSSR count). The van der Waals surface area contributed by atoms with Crippen molar-refractivity contribution in [3.63, 3.8) is 0 Å². The maximum atomic E-state index is 13.5. The Bertz CT molecular complexity index is 935. The monoisotopic (exact) mass is 436 g/mol. The molecule has 0 spiro atoms. The molecule has 1 saturated heterocycles. The largest absolute Gasteiger partial charge is 0.497 e. The molecule has 1 aliphatic rings. The number of nitrogens with one attached hydrogen (secondary N) is 2. The van der Waals surface area contributed by atoms with Gasteiger partial charge in [-0.3, -0.25) is 10.0 Å². The highest BCUT2D eigenvalue weighted by atomic mass is 32.2. The SMILES string of the molecule is COc1ccc(S(=O)(=O)C2(C(=O)NO)CCSC(NCc3ccccc3)C2)cc1. The van der Waals surface area contributed by atoms with Crippen LogP contribution in [0.15, 0.2) is 59.5 Å². The standard InChI is InChI=1S/C20H24N2O5S2/c1-27-16-7-9-17(10-8-16)29(25,26)20(19(23)22-24)11-12-28-18(13-20)21-14-15-5-3-2-4-6-15/h2-10,18,21,24H,11-14H2,1H3,(H,22,23). The van der Waals surface area contributed by atoms with Crippen molar-refractivity contribution in [1.82, 2.24) is 10.8 Å². The summed E-state index contributed by atoms with van der Waals surface area (Å²) in [6.45, 7) is 0.553. The van der Waals surface area contributed by atoms with Crippen LogP contribution in [-0.4, -0.2) is 42.5 Å². The van der Waals surface area contributed by atoms with Crippen LogP contribution in [0, 0.1) is 0 Å². The number of thioether (sulfide) groups is 1. The van der Waals surface area contributed by atoms with Crippen molar-refractivity contribution in [3.8, 4) is 5.75 Å². The molecular formula is C20H24N2O5S2. The van der Waals surface area contributed by atoms with Gasteiger partial charge in [-0.25, -0.2) is 13.9 Å². The summed E-state index contributed by atoms with van der Waals surface area (Å²) in [6.07, 6.45) is 0.160. The number of benzene rings is 2. The lowest BCUT2D eigenvalue weighted by molar-refractivity contribution is -0.132. The van der Waals surface area contributed by atoms with E-state index < -0.39 is 20.5 Å². The third kappa shape index (κ3) is 4.42. The van der Waals surface area contributed by atoms with E-state index in [0.717, 1.165) is 5.56 Å². The molecule has 156 valence electrons. The number of sulfone groups is 1. The molecule has 0 saturated carbocycles. The van der Waals surface area contributed by atoms with Crippen LogP contribution < -0.4 is 15.5 Å². The van der Waals surface area contributed by atoms with Gasteiger partial charge >= 0.3 is 0 Å². The van der Waals surface area contributed by atoms with Crippen LogP contribution in [0.1, 0.15) is 18.4 Å². The van der Waals surface area contributed by atoms with Crippen LogP contribution in [0.5, 0.6) is 5.75 Å². The van der Waals surface area contributed by atoms with E-state index in [9.17, 15) is 18.4 Å². The van der Waals surface area contributed by atoms with E-state index in [1.165, 1.54) is 19.2 Å². The fourth-order valence-corrected chi connectivity index (χ4v) is 7.02. The van der Waals surface area contributed by atoms with E-state index in [1.54, 1.807) is 29.4 Å². The van der Waals surface area contributed by atoms with Gasteiger partial charge in [0.25, 0.3) is 5.91 Å². The Morgan fingerprint density at radius 1 is 1.21 bits per heavy atom. The minimum Gasteiger partial charge on any atom is -0.497 e. The number of rotatable bonds is 7. The summed E-state index contributed by atoms with van der Waals surface area (Å²) in [4.78, 5) is 12.7. The van der Waals surface area contributed by atoms with Crippen molar-refractivity contribution in [3.05, 3.63) is 60.2 Å². The zero-order valence-electron chi connectivity index (χ0n) is 16.0. The van der Waals surface area contributed by atoms with Gasteiger partial charge in [-0.2, -0.15) is 0 Å². The first-order chi connectivity index (χ1) is 13.9. The van der Waals surface area contributed by atoms with Crippen LogP contribution >= 0.6 is 11.8 Å². The Balaban J connectivity index is 1.87.